The Hall–Kier alpha value is -2.70. The lowest BCUT2D eigenvalue weighted by Gasteiger charge is -2.31. The van der Waals surface area contributed by atoms with Crippen molar-refractivity contribution >= 4 is 11.9 Å². The summed E-state index contributed by atoms with van der Waals surface area (Å²) in [4.78, 5) is 26.8. The Balaban J connectivity index is 1.82. The van der Waals surface area contributed by atoms with Crippen molar-refractivity contribution in [1.29, 1.82) is 0 Å². The van der Waals surface area contributed by atoms with Gasteiger partial charge >= 0.3 is 5.97 Å². The fourth-order valence-electron chi connectivity index (χ4n) is 3.48. The summed E-state index contributed by atoms with van der Waals surface area (Å²) in [5.41, 5.74) is 1.99. The highest BCUT2D eigenvalue weighted by Gasteiger charge is 2.31. The van der Waals surface area contributed by atoms with Gasteiger partial charge < -0.3 is 9.64 Å². The Labute approximate surface area is 157 Å². The molecular weight excluding hydrogens is 349 g/mol. The molecule has 0 bridgehead atoms. The van der Waals surface area contributed by atoms with Crippen molar-refractivity contribution in [2.75, 3.05) is 19.7 Å². The van der Waals surface area contributed by atoms with Crippen molar-refractivity contribution in [3.8, 4) is 5.69 Å². The van der Waals surface area contributed by atoms with Crippen LogP contribution in [-0.2, 0) is 16.0 Å². The van der Waals surface area contributed by atoms with Crippen LogP contribution in [0.15, 0.2) is 30.5 Å². The number of rotatable bonds is 5. The molecule has 27 heavy (non-hydrogen) atoms. The molecule has 0 saturated carbocycles. The van der Waals surface area contributed by atoms with E-state index in [1.54, 1.807) is 34.8 Å². The van der Waals surface area contributed by atoms with Crippen LogP contribution in [0.25, 0.3) is 5.69 Å². The number of amides is 1. The SMILES string of the molecule is CCOC(=O)[C@@H]1CCCN(C(=O)c2cnn(-c3ccc(F)cc3)c2CC)C1. The molecule has 144 valence electrons. The molecule has 0 unspecified atom stereocenters. The fraction of sp³-hybridized carbons (Fsp3) is 0.450. The minimum absolute atomic E-state index is 0.130. The van der Waals surface area contributed by atoms with Gasteiger partial charge in [0.1, 0.15) is 5.82 Å². The summed E-state index contributed by atoms with van der Waals surface area (Å²) in [5, 5.41) is 4.34. The fourth-order valence-corrected chi connectivity index (χ4v) is 3.48. The van der Waals surface area contributed by atoms with Gasteiger partial charge in [-0.2, -0.15) is 5.10 Å². The van der Waals surface area contributed by atoms with E-state index in [0.717, 1.165) is 18.5 Å². The molecule has 0 aliphatic carbocycles. The lowest BCUT2D eigenvalue weighted by Crippen LogP contribution is -2.43. The predicted molar refractivity (Wildman–Crippen MR) is 98.2 cm³/mol. The Morgan fingerprint density at radius 1 is 1.26 bits per heavy atom. The van der Waals surface area contributed by atoms with Crippen LogP contribution in [-0.4, -0.2) is 46.3 Å². The van der Waals surface area contributed by atoms with E-state index >= 15 is 0 Å². The van der Waals surface area contributed by atoms with Crippen molar-refractivity contribution in [1.82, 2.24) is 14.7 Å². The Kier molecular flexibility index (Phi) is 5.88. The summed E-state index contributed by atoms with van der Waals surface area (Å²) >= 11 is 0. The van der Waals surface area contributed by atoms with Gasteiger partial charge in [0.25, 0.3) is 5.91 Å². The Morgan fingerprint density at radius 2 is 2.00 bits per heavy atom. The normalized spacial score (nSPS) is 17.0. The number of hydrogen-bond acceptors (Lipinski definition) is 4. The number of carbonyl (C=O) groups excluding carboxylic acids is 2. The highest BCUT2D eigenvalue weighted by molar-refractivity contribution is 5.95. The molecule has 1 fully saturated rings. The molecule has 0 N–H and O–H groups in total. The van der Waals surface area contributed by atoms with E-state index in [9.17, 15) is 14.0 Å². The Bertz CT molecular complexity index is 816. The van der Waals surface area contributed by atoms with E-state index in [2.05, 4.69) is 5.10 Å². The lowest BCUT2D eigenvalue weighted by molar-refractivity contribution is -0.149. The highest BCUT2D eigenvalue weighted by atomic mass is 19.1. The standard InChI is InChI=1S/C20H24FN3O3/c1-3-18-17(12-22-24(18)16-9-7-15(21)8-10-16)19(25)23-11-5-6-14(13-23)20(26)27-4-2/h7-10,12,14H,3-6,11,13H2,1-2H3/t14-/m1/s1. The van der Waals surface area contributed by atoms with Crippen LogP contribution >= 0.6 is 0 Å². The molecule has 1 aliphatic rings. The maximum atomic E-state index is 13.2. The molecule has 1 aromatic carbocycles. The second kappa shape index (κ2) is 8.33. The highest BCUT2D eigenvalue weighted by Crippen LogP contribution is 2.23. The van der Waals surface area contributed by atoms with E-state index < -0.39 is 0 Å². The van der Waals surface area contributed by atoms with Crippen LogP contribution in [0.3, 0.4) is 0 Å². The second-order valence-electron chi connectivity index (χ2n) is 6.59. The second-order valence-corrected chi connectivity index (χ2v) is 6.59. The van der Waals surface area contributed by atoms with E-state index in [-0.39, 0.29) is 23.6 Å². The van der Waals surface area contributed by atoms with Crippen LogP contribution in [0.1, 0.15) is 42.7 Å². The van der Waals surface area contributed by atoms with Gasteiger partial charge in [-0.15, -0.1) is 0 Å². The monoisotopic (exact) mass is 373 g/mol. The van der Waals surface area contributed by atoms with E-state index in [1.165, 1.54) is 12.1 Å². The first-order valence-electron chi connectivity index (χ1n) is 9.33. The number of halogens is 1. The van der Waals surface area contributed by atoms with Crippen LogP contribution < -0.4 is 0 Å². The molecule has 6 nitrogen and oxygen atoms in total. The first kappa shape index (κ1) is 19.1. The summed E-state index contributed by atoms with van der Waals surface area (Å²) in [5.74, 6) is -0.972. The van der Waals surface area contributed by atoms with Crippen molar-refractivity contribution < 1.29 is 18.7 Å². The van der Waals surface area contributed by atoms with Gasteiger partial charge in [0.2, 0.25) is 0 Å². The molecule has 0 radical (unpaired) electrons. The van der Waals surface area contributed by atoms with Crippen LogP contribution in [0, 0.1) is 11.7 Å². The zero-order chi connectivity index (χ0) is 19.4. The van der Waals surface area contributed by atoms with Crippen molar-refractivity contribution in [3.05, 3.63) is 47.5 Å². The number of hydrogen-bond donors (Lipinski definition) is 0. The average Bonchev–Trinajstić information content (AvgIpc) is 3.12. The number of esters is 1. The van der Waals surface area contributed by atoms with Crippen LogP contribution in [0.5, 0.6) is 0 Å². The van der Waals surface area contributed by atoms with Gasteiger partial charge in [-0.1, -0.05) is 6.92 Å². The minimum Gasteiger partial charge on any atom is -0.466 e. The number of benzene rings is 1. The maximum absolute atomic E-state index is 13.2. The molecule has 1 aromatic heterocycles. The number of carbonyl (C=O) groups is 2. The maximum Gasteiger partial charge on any atom is 0.310 e. The van der Waals surface area contributed by atoms with Crippen LogP contribution in [0.4, 0.5) is 4.39 Å². The zero-order valence-corrected chi connectivity index (χ0v) is 15.7. The number of aromatic nitrogens is 2. The molecule has 1 saturated heterocycles. The molecule has 1 amide bonds. The van der Waals surface area contributed by atoms with Crippen molar-refractivity contribution in [2.24, 2.45) is 5.92 Å². The number of nitrogens with zero attached hydrogens (tertiary/aromatic N) is 3. The third-order valence-electron chi connectivity index (χ3n) is 4.83. The van der Waals surface area contributed by atoms with Gasteiger partial charge in [-0.25, -0.2) is 9.07 Å². The smallest absolute Gasteiger partial charge is 0.310 e. The van der Waals surface area contributed by atoms with Crippen LogP contribution in [0.2, 0.25) is 0 Å². The molecule has 3 rings (SSSR count). The zero-order valence-electron chi connectivity index (χ0n) is 15.7. The number of ether oxygens (including phenoxy) is 1. The summed E-state index contributed by atoms with van der Waals surface area (Å²) in [6.45, 7) is 5.04. The number of piperidine rings is 1. The van der Waals surface area contributed by atoms with Crippen molar-refractivity contribution in [3.63, 3.8) is 0 Å². The van der Waals surface area contributed by atoms with Gasteiger partial charge in [0.15, 0.2) is 0 Å². The summed E-state index contributed by atoms with van der Waals surface area (Å²) in [7, 11) is 0. The quantitative estimate of drug-likeness (QED) is 0.756. The van der Waals surface area contributed by atoms with Gasteiger partial charge in [0.05, 0.1) is 35.7 Å². The molecule has 2 aromatic rings. The molecule has 0 spiro atoms. The molecular formula is C20H24FN3O3. The molecule has 2 heterocycles. The topological polar surface area (TPSA) is 64.4 Å². The molecule has 7 heteroatoms. The van der Waals surface area contributed by atoms with Crippen molar-refractivity contribution in [2.45, 2.75) is 33.1 Å². The predicted octanol–water partition coefficient (Wildman–Crippen LogP) is 2.99. The minimum atomic E-state index is -0.321. The summed E-state index contributed by atoms with van der Waals surface area (Å²) in [6.07, 6.45) is 3.66. The van der Waals surface area contributed by atoms with E-state index in [1.807, 2.05) is 6.92 Å². The first-order valence-corrected chi connectivity index (χ1v) is 9.33. The summed E-state index contributed by atoms with van der Waals surface area (Å²) in [6, 6.07) is 6.00. The number of likely N-dealkylation sites (tertiary alicyclic amines) is 1. The average molecular weight is 373 g/mol. The molecule has 1 aliphatic heterocycles. The molecule has 1 atom stereocenters. The van der Waals surface area contributed by atoms with E-state index in [0.29, 0.717) is 37.4 Å². The first-order chi connectivity index (χ1) is 13.0. The Morgan fingerprint density at radius 3 is 2.67 bits per heavy atom. The summed E-state index contributed by atoms with van der Waals surface area (Å²) < 4.78 is 20.0. The van der Waals surface area contributed by atoms with Gasteiger partial charge in [-0.3, -0.25) is 9.59 Å². The third kappa shape index (κ3) is 4.02. The third-order valence-corrected chi connectivity index (χ3v) is 4.83. The van der Waals surface area contributed by atoms with Gasteiger partial charge in [-0.05, 0) is 50.5 Å². The lowest BCUT2D eigenvalue weighted by atomic mass is 9.97. The largest absolute Gasteiger partial charge is 0.466 e. The van der Waals surface area contributed by atoms with E-state index in [4.69, 9.17) is 4.74 Å². The van der Waals surface area contributed by atoms with Gasteiger partial charge in [0, 0.05) is 13.1 Å².